The number of aliphatic hydroxyl groups excluding tert-OH is 1. The molecule has 0 spiro atoms. The normalized spacial score (nSPS) is 11.2. The number of anilines is 3. The van der Waals surface area contributed by atoms with Crippen LogP contribution < -0.4 is 14.7 Å². The van der Waals surface area contributed by atoms with E-state index in [0.717, 1.165) is 71.7 Å². The molecule has 53 heavy (non-hydrogen) atoms. The third-order valence-corrected chi connectivity index (χ3v) is 10.6. The molecular formula is C36H49N9O5S3. The molecule has 14 nitrogen and oxygen atoms in total. The lowest BCUT2D eigenvalue weighted by atomic mass is 10.2. The molecule has 0 aliphatic heterocycles. The standard InChI is InChI=1S/C12H17N3O2S.C12H15N3OS.C6H8N2OS.C6H9NO/c1-7-8(2)17-11(14-7)5-9(16)10-6-13-12(18-10)15(3)4;1-8-9(2)16-11(14-8)6-5-10-7-13-12(17-10)15(3)4;1-8(2)6-7-3-5(4-9)10-6;1-4-5(2)8-6(3)7-4/h6,9,16H,5H2,1-4H3;5-7H,1-4H3;3-4H,1-2H3;1-3H3/b;6-5+;;. The molecule has 1 unspecified atom stereocenters. The zero-order valence-electron chi connectivity index (χ0n) is 32.6. The van der Waals surface area contributed by atoms with Crippen LogP contribution in [0.5, 0.6) is 0 Å². The van der Waals surface area contributed by atoms with E-state index in [0.29, 0.717) is 23.1 Å². The number of aldehydes is 1. The van der Waals surface area contributed by atoms with Crippen molar-refractivity contribution in [3.63, 3.8) is 0 Å². The number of carbonyl (C=O) groups excluding carboxylic acids is 1. The number of rotatable bonds is 9. The van der Waals surface area contributed by atoms with Gasteiger partial charge in [0.1, 0.15) is 17.3 Å². The van der Waals surface area contributed by atoms with Crippen molar-refractivity contribution in [3.05, 3.63) is 85.3 Å². The maximum Gasteiger partial charge on any atom is 0.219 e. The van der Waals surface area contributed by atoms with Crippen LogP contribution in [-0.4, -0.2) is 83.6 Å². The fourth-order valence-electron chi connectivity index (χ4n) is 3.98. The Hall–Kier alpha value is -4.71. The number of aryl methyl sites for hydroxylation is 7. The Bertz CT molecular complexity index is 1990. The highest BCUT2D eigenvalue weighted by atomic mass is 32.1. The van der Waals surface area contributed by atoms with Crippen molar-refractivity contribution < 1.29 is 23.2 Å². The number of hydrogen-bond donors (Lipinski definition) is 1. The van der Waals surface area contributed by atoms with Crippen molar-refractivity contribution in [3.8, 4) is 0 Å². The molecule has 286 valence electrons. The van der Waals surface area contributed by atoms with E-state index < -0.39 is 6.10 Å². The molecule has 0 saturated heterocycles. The van der Waals surface area contributed by atoms with Crippen LogP contribution in [0.1, 0.15) is 77.6 Å². The number of oxazole rings is 3. The first-order valence-electron chi connectivity index (χ1n) is 16.5. The number of aromatic nitrogens is 6. The van der Waals surface area contributed by atoms with Crippen molar-refractivity contribution in [2.24, 2.45) is 0 Å². The average molecular weight is 784 g/mol. The Labute approximate surface area is 322 Å². The highest BCUT2D eigenvalue weighted by Crippen LogP contribution is 2.28. The highest BCUT2D eigenvalue weighted by Gasteiger charge is 2.17. The first kappa shape index (κ1) is 42.7. The zero-order chi connectivity index (χ0) is 39.4. The van der Waals surface area contributed by atoms with Gasteiger partial charge >= 0.3 is 0 Å². The van der Waals surface area contributed by atoms with E-state index in [1.54, 1.807) is 23.7 Å². The molecule has 0 radical (unpaired) electrons. The van der Waals surface area contributed by atoms with Crippen LogP contribution in [0, 0.1) is 48.5 Å². The summed E-state index contributed by atoms with van der Waals surface area (Å²) in [4.78, 5) is 43.7. The van der Waals surface area contributed by atoms with Crippen LogP contribution in [-0.2, 0) is 6.42 Å². The van der Waals surface area contributed by atoms with E-state index >= 15 is 0 Å². The quantitative estimate of drug-likeness (QED) is 0.142. The zero-order valence-corrected chi connectivity index (χ0v) is 35.0. The van der Waals surface area contributed by atoms with Gasteiger partial charge in [0.05, 0.1) is 45.6 Å². The monoisotopic (exact) mass is 783 g/mol. The Kier molecular flexibility index (Phi) is 16.1. The molecule has 0 aliphatic carbocycles. The molecule has 6 aromatic heterocycles. The van der Waals surface area contributed by atoms with Gasteiger partial charge in [-0.25, -0.2) is 29.9 Å². The van der Waals surface area contributed by atoms with E-state index in [1.165, 1.54) is 22.7 Å². The second-order valence-electron chi connectivity index (χ2n) is 12.3. The van der Waals surface area contributed by atoms with Gasteiger partial charge in [0.2, 0.25) is 5.89 Å². The number of thiazole rings is 3. The molecule has 0 bridgehead atoms. The van der Waals surface area contributed by atoms with Gasteiger partial charge in [-0.2, -0.15) is 0 Å². The topological polar surface area (TPSA) is 164 Å². The minimum atomic E-state index is -0.617. The molecular weight excluding hydrogens is 735 g/mol. The maximum atomic E-state index is 10.2. The lowest BCUT2D eigenvalue weighted by molar-refractivity contribution is 0.112. The molecule has 1 N–H and O–H groups in total. The summed E-state index contributed by atoms with van der Waals surface area (Å²) in [5, 5.41) is 12.9. The molecule has 0 aliphatic rings. The fraction of sp³-hybridized carbons (Fsp3) is 0.417. The van der Waals surface area contributed by atoms with Crippen LogP contribution in [0.4, 0.5) is 15.4 Å². The second kappa shape index (κ2) is 19.9. The summed E-state index contributed by atoms with van der Waals surface area (Å²) in [6.45, 7) is 13.3. The minimum absolute atomic E-state index is 0.379. The van der Waals surface area contributed by atoms with E-state index in [1.807, 2.05) is 124 Å². The summed E-state index contributed by atoms with van der Waals surface area (Å²) in [6, 6.07) is 0. The summed E-state index contributed by atoms with van der Waals surface area (Å²) in [5.41, 5.74) is 2.79. The lowest BCUT2D eigenvalue weighted by Crippen LogP contribution is -2.07. The van der Waals surface area contributed by atoms with E-state index in [9.17, 15) is 9.90 Å². The van der Waals surface area contributed by atoms with Gasteiger partial charge in [0.15, 0.2) is 33.5 Å². The van der Waals surface area contributed by atoms with E-state index in [4.69, 9.17) is 13.3 Å². The Morgan fingerprint density at radius 3 is 1.53 bits per heavy atom. The molecule has 0 saturated carbocycles. The highest BCUT2D eigenvalue weighted by molar-refractivity contribution is 7.17. The summed E-state index contributed by atoms with van der Waals surface area (Å²) >= 11 is 4.49. The van der Waals surface area contributed by atoms with Gasteiger partial charge in [0.25, 0.3) is 0 Å². The Balaban J connectivity index is 0.000000200. The Morgan fingerprint density at radius 1 is 0.642 bits per heavy atom. The average Bonchev–Trinajstić information content (AvgIpc) is 3.95. The summed E-state index contributed by atoms with van der Waals surface area (Å²) in [7, 11) is 11.6. The number of aliphatic hydroxyl groups is 1. The maximum absolute atomic E-state index is 10.2. The van der Waals surface area contributed by atoms with Crippen LogP contribution in [0.2, 0.25) is 0 Å². The van der Waals surface area contributed by atoms with Gasteiger partial charge in [0, 0.05) is 72.6 Å². The predicted molar refractivity (Wildman–Crippen MR) is 215 cm³/mol. The number of nitrogens with zero attached hydrogens (tertiary/aromatic N) is 9. The van der Waals surface area contributed by atoms with Crippen molar-refractivity contribution in [1.82, 2.24) is 29.9 Å². The Morgan fingerprint density at radius 2 is 1.13 bits per heavy atom. The smallest absolute Gasteiger partial charge is 0.219 e. The predicted octanol–water partition coefficient (Wildman–Crippen LogP) is 7.70. The fourth-order valence-corrected chi connectivity index (χ4v) is 6.20. The molecule has 17 heteroatoms. The molecule has 1 atom stereocenters. The largest absolute Gasteiger partial charge is 0.446 e. The molecule has 0 amide bonds. The molecule has 6 heterocycles. The summed E-state index contributed by atoms with van der Waals surface area (Å²) < 4.78 is 16.0. The lowest BCUT2D eigenvalue weighted by Gasteiger charge is -2.06. The molecule has 0 fully saturated rings. The van der Waals surface area contributed by atoms with Crippen LogP contribution in [0.15, 0.2) is 31.8 Å². The molecule has 0 aromatic carbocycles. The van der Waals surface area contributed by atoms with Crippen molar-refractivity contribution in [1.29, 1.82) is 0 Å². The second-order valence-corrected chi connectivity index (χ2v) is 15.4. The van der Waals surface area contributed by atoms with Crippen molar-refractivity contribution in [2.45, 2.75) is 61.0 Å². The number of carbonyl (C=O) groups is 1. The van der Waals surface area contributed by atoms with Crippen LogP contribution in [0.25, 0.3) is 12.2 Å². The molecule has 6 aromatic rings. The third kappa shape index (κ3) is 13.3. The first-order valence-corrected chi connectivity index (χ1v) is 18.9. The van der Waals surface area contributed by atoms with Gasteiger partial charge in [-0.3, -0.25) is 4.79 Å². The van der Waals surface area contributed by atoms with Crippen LogP contribution >= 0.6 is 34.0 Å². The van der Waals surface area contributed by atoms with Gasteiger partial charge in [-0.05, 0) is 47.6 Å². The van der Waals surface area contributed by atoms with Gasteiger partial charge in [-0.1, -0.05) is 34.0 Å². The summed E-state index contributed by atoms with van der Waals surface area (Å²) in [5.74, 6) is 4.54. The SMILES string of the molecule is CN(C)c1ncc(C=O)s1.Cc1nc(/C=C/c2cnc(N(C)C)s2)oc1C.Cc1nc(C)c(C)o1.Cc1nc(CC(O)c2cnc(N(C)C)s2)oc1C. The van der Waals surface area contributed by atoms with Crippen molar-refractivity contribution in [2.75, 3.05) is 57.0 Å². The van der Waals surface area contributed by atoms with Gasteiger partial charge in [-0.15, -0.1) is 0 Å². The minimum Gasteiger partial charge on any atom is -0.446 e. The molecule has 6 rings (SSSR count). The summed E-state index contributed by atoms with van der Waals surface area (Å²) in [6.07, 6.45) is 9.53. The number of hydrogen-bond acceptors (Lipinski definition) is 17. The van der Waals surface area contributed by atoms with Crippen LogP contribution in [0.3, 0.4) is 0 Å². The van der Waals surface area contributed by atoms with Gasteiger partial charge < -0.3 is 33.1 Å². The van der Waals surface area contributed by atoms with E-state index in [-0.39, 0.29) is 0 Å². The van der Waals surface area contributed by atoms with Crippen molar-refractivity contribution >= 4 is 67.8 Å². The third-order valence-electron chi connectivity index (χ3n) is 7.14. The van der Waals surface area contributed by atoms with E-state index in [2.05, 4.69) is 29.9 Å². The first-order chi connectivity index (χ1) is 25.0.